The van der Waals surface area contributed by atoms with Crippen LogP contribution in [0.3, 0.4) is 0 Å². The predicted molar refractivity (Wildman–Crippen MR) is 102 cm³/mol. The smallest absolute Gasteiger partial charge is 0.243 e. The first-order valence-corrected chi connectivity index (χ1v) is 8.85. The number of amides is 2. The van der Waals surface area contributed by atoms with E-state index in [9.17, 15) is 9.59 Å². The molecule has 0 aliphatic carbocycles. The fraction of sp³-hybridized carbons (Fsp3) is 0.238. The number of nitrogens with zero attached hydrogens (tertiary/aromatic N) is 2. The highest BCUT2D eigenvalue weighted by atomic mass is 16.5. The summed E-state index contributed by atoms with van der Waals surface area (Å²) in [6, 6.07) is 14.9. The van der Waals surface area contributed by atoms with E-state index in [-0.39, 0.29) is 12.5 Å². The van der Waals surface area contributed by atoms with Crippen LogP contribution in [0, 0.1) is 0 Å². The summed E-state index contributed by atoms with van der Waals surface area (Å²) in [5.74, 6) is 0.176. The molecule has 0 saturated heterocycles. The molecule has 6 heteroatoms. The maximum Gasteiger partial charge on any atom is 0.243 e. The van der Waals surface area contributed by atoms with Crippen molar-refractivity contribution < 1.29 is 14.3 Å². The Balaban J connectivity index is 1.61. The number of hydrogen-bond donors (Lipinski definition) is 1. The van der Waals surface area contributed by atoms with Crippen LogP contribution in [0.25, 0.3) is 10.9 Å². The average Bonchev–Trinajstić information content (AvgIpc) is 3.08. The Kier molecular flexibility index (Phi) is 4.32. The topological polar surface area (TPSA) is 77.6 Å². The first kappa shape index (κ1) is 17.1. The van der Waals surface area contributed by atoms with Crippen LogP contribution in [-0.4, -0.2) is 34.4 Å². The zero-order valence-corrected chi connectivity index (χ0v) is 15.1. The summed E-state index contributed by atoms with van der Waals surface area (Å²) in [6.45, 7) is 0.553. The molecule has 3 aromatic rings. The number of rotatable bonds is 4. The van der Waals surface area contributed by atoms with Crippen molar-refractivity contribution in [2.24, 2.45) is 5.73 Å². The lowest BCUT2D eigenvalue weighted by molar-refractivity contribution is -0.141. The molecule has 0 unspecified atom stereocenters. The number of hydrogen-bond acceptors (Lipinski definition) is 3. The van der Waals surface area contributed by atoms with Crippen LogP contribution in [0.2, 0.25) is 0 Å². The average molecular weight is 363 g/mol. The summed E-state index contributed by atoms with van der Waals surface area (Å²) < 4.78 is 7.13. The molecule has 138 valence electrons. The van der Waals surface area contributed by atoms with Gasteiger partial charge in [0.1, 0.15) is 18.3 Å². The van der Waals surface area contributed by atoms with Crippen LogP contribution in [0.1, 0.15) is 11.1 Å². The number of carbonyl (C=O) groups excluding carboxylic acids is 2. The normalized spacial score (nSPS) is 16.2. The van der Waals surface area contributed by atoms with E-state index in [4.69, 9.17) is 10.5 Å². The third-order valence-electron chi connectivity index (χ3n) is 5.18. The van der Waals surface area contributed by atoms with E-state index in [1.165, 1.54) is 0 Å². The monoisotopic (exact) mass is 363 g/mol. The van der Waals surface area contributed by atoms with Gasteiger partial charge in [0.15, 0.2) is 0 Å². The molecule has 2 amide bonds. The van der Waals surface area contributed by atoms with Crippen molar-refractivity contribution in [3.63, 3.8) is 0 Å². The first-order valence-electron chi connectivity index (χ1n) is 8.85. The van der Waals surface area contributed by atoms with Gasteiger partial charge in [0.25, 0.3) is 0 Å². The molecule has 0 radical (unpaired) electrons. The minimum atomic E-state index is -0.616. The van der Waals surface area contributed by atoms with Gasteiger partial charge in [-0.2, -0.15) is 0 Å². The maximum atomic E-state index is 13.0. The summed E-state index contributed by atoms with van der Waals surface area (Å²) in [5, 5.41) is 0.998. The zero-order valence-electron chi connectivity index (χ0n) is 15.1. The number of fused-ring (bicyclic) bond motifs is 2. The SMILES string of the molecule is COc1ccc2c(ccn2CC(=O)N2Cc3ccccc3C[C@H]2C(N)=O)c1. The number of nitrogens with two attached hydrogens (primary N) is 1. The molecule has 1 aliphatic rings. The summed E-state index contributed by atoms with van der Waals surface area (Å²) >= 11 is 0. The van der Waals surface area contributed by atoms with Crippen molar-refractivity contribution >= 4 is 22.7 Å². The van der Waals surface area contributed by atoms with Gasteiger partial charge in [0.2, 0.25) is 11.8 Å². The largest absolute Gasteiger partial charge is 0.497 e. The highest BCUT2D eigenvalue weighted by Crippen LogP contribution is 2.25. The van der Waals surface area contributed by atoms with E-state index in [1.807, 2.05) is 59.3 Å². The van der Waals surface area contributed by atoms with Crippen LogP contribution in [-0.2, 0) is 29.1 Å². The van der Waals surface area contributed by atoms with Gasteiger partial charge in [-0.05, 0) is 35.4 Å². The van der Waals surface area contributed by atoms with Gasteiger partial charge in [0.05, 0.1) is 7.11 Å². The molecule has 6 nitrogen and oxygen atoms in total. The Hall–Kier alpha value is -3.28. The standard InChI is InChI=1S/C21H21N3O3/c1-27-17-6-7-18-15(10-17)8-9-23(18)13-20(25)24-12-16-5-3-2-4-14(16)11-19(24)21(22)26/h2-10,19H,11-13H2,1H3,(H2,22,26)/t19-/m0/s1. The van der Waals surface area contributed by atoms with Crippen LogP contribution in [0.5, 0.6) is 5.75 Å². The van der Waals surface area contributed by atoms with Crippen molar-refractivity contribution in [3.05, 3.63) is 65.9 Å². The molecule has 1 aromatic heterocycles. The number of ether oxygens (including phenoxy) is 1. The highest BCUT2D eigenvalue weighted by molar-refractivity contribution is 5.89. The molecule has 1 aliphatic heterocycles. The summed E-state index contributed by atoms with van der Waals surface area (Å²) in [7, 11) is 1.62. The molecule has 4 rings (SSSR count). The Labute approximate surface area is 157 Å². The quantitative estimate of drug-likeness (QED) is 0.771. The number of methoxy groups -OCH3 is 1. The van der Waals surface area contributed by atoms with Gasteiger partial charge < -0.3 is 19.9 Å². The minimum absolute atomic E-state index is 0.123. The fourth-order valence-corrected chi connectivity index (χ4v) is 3.72. The molecule has 2 N–H and O–H groups in total. The molecular weight excluding hydrogens is 342 g/mol. The van der Waals surface area contributed by atoms with E-state index in [0.717, 1.165) is 27.8 Å². The highest BCUT2D eigenvalue weighted by Gasteiger charge is 2.33. The Morgan fingerprint density at radius 1 is 1.15 bits per heavy atom. The number of primary amides is 1. The first-order chi connectivity index (χ1) is 13.1. The van der Waals surface area contributed by atoms with E-state index in [0.29, 0.717) is 13.0 Å². The molecule has 1 atom stereocenters. The second kappa shape index (κ2) is 6.79. The number of aromatic nitrogens is 1. The second-order valence-corrected chi connectivity index (χ2v) is 6.78. The molecule has 27 heavy (non-hydrogen) atoms. The summed E-state index contributed by atoms with van der Waals surface area (Å²) in [5.41, 5.74) is 8.67. The zero-order chi connectivity index (χ0) is 19.0. The van der Waals surface area contributed by atoms with Crippen molar-refractivity contribution in [3.8, 4) is 5.75 Å². The van der Waals surface area contributed by atoms with E-state index < -0.39 is 11.9 Å². The lowest BCUT2D eigenvalue weighted by Crippen LogP contribution is -2.51. The van der Waals surface area contributed by atoms with E-state index in [1.54, 1.807) is 12.0 Å². The Morgan fingerprint density at radius 2 is 1.93 bits per heavy atom. The van der Waals surface area contributed by atoms with Gasteiger partial charge in [-0.3, -0.25) is 9.59 Å². The Bertz CT molecular complexity index is 1020. The third-order valence-corrected chi connectivity index (χ3v) is 5.18. The Morgan fingerprint density at radius 3 is 2.67 bits per heavy atom. The molecule has 0 spiro atoms. The van der Waals surface area contributed by atoms with Crippen molar-refractivity contribution in [2.45, 2.75) is 25.6 Å². The minimum Gasteiger partial charge on any atom is -0.497 e. The molecule has 0 bridgehead atoms. The van der Waals surface area contributed by atoms with E-state index in [2.05, 4.69) is 0 Å². The second-order valence-electron chi connectivity index (χ2n) is 6.78. The third kappa shape index (κ3) is 3.14. The number of benzene rings is 2. The maximum absolute atomic E-state index is 13.0. The van der Waals surface area contributed by atoms with Crippen LogP contribution >= 0.6 is 0 Å². The fourth-order valence-electron chi connectivity index (χ4n) is 3.72. The lowest BCUT2D eigenvalue weighted by atomic mass is 9.93. The molecular formula is C21H21N3O3. The van der Waals surface area contributed by atoms with Gasteiger partial charge in [-0.1, -0.05) is 24.3 Å². The van der Waals surface area contributed by atoms with Crippen LogP contribution in [0.4, 0.5) is 0 Å². The van der Waals surface area contributed by atoms with Crippen LogP contribution in [0.15, 0.2) is 54.7 Å². The van der Waals surface area contributed by atoms with Gasteiger partial charge >= 0.3 is 0 Å². The van der Waals surface area contributed by atoms with E-state index >= 15 is 0 Å². The predicted octanol–water partition coefficient (Wildman–Crippen LogP) is 2.09. The summed E-state index contributed by atoms with van der Waals surface area (Å²) in [6.07, 6.45) is 2.33. The van der Waals surface area contributed by atoms with Gasteiger partial charge in [-0.25, -0.2) is 0 Å². The summed E-state index contributed by atoms with van der Waals surface area (Å²) in [4.78, 5) is 26.6. The molecule has 0 saturated carbocycles. The van der Waals surface area contributed by atoms with Crippen LogP contribution < -0.4 is 10.5 Å². The van der Waals surface area contributed by atoms with Gasteiger partial charge in [0, 0.05) is 30.1 Å². The van der Waals surface area contributed by atoms with Crippen molar-refractivity contribution in [1.82, 2.24) is 9.47 Å². The molecule has 2 heterocycles. The van der Waals surface area contributed by atoms with Crippen molar-refractivity contribution in [1.29, 1.82) is 0 Å². The number of carbonyl (C=O) groups is 2. The molecule has 2 aromatic carbocycles. The molecule has 0 fully saturated rings. The van der Waals surface area contributed by atoms with Gasteiger partial charge in [-0.15, -0.1) is 0 Å². The lowest BCUT2D eigenvalue weighted by Gasteiger charge is -2.35. The van der Waals surface area contributed by atoms with Crippen molar-refractivity contribution in [2.75, 3.05) is 7.11 Å².